The molecule has 0 unspecified atom stereocenters. The third-order valence-electron chi connectivity index (χ3n) is 4.42. The Morgan fingerprint density at radius 2 is 1.46 bits per heavy atom. The van der Waals surface area contributed by atoms with Crippen molar-refractivity contribution in [1.82, 2.24) is 0 Å². The summed E-state index contributed by atoms with van der Waals surface area (Å²) in [5.41, 5.74) is 9.60. The first-order valence-corrected chi connectivity index (χ1v) is 8.62. The summed E-state index contributed by atoms with van der Waals surface area (Å²) in [6, 6.07) is 17.7. The van der Waals surface area contributed by atoms with Crippen molar-refractivity contribution in [3.05, 3.63) is 89.3 Å². The number of allylic oxidation sites excluding steroid dienone is 2. The molecule has 3 rings (SSSR count). The van der Waals surface area contributed by atoms with E-state index in [0.717, 1.165) is 23.5 Å². The number of hydrogen-bond acceptors (Lipinski definition) is 1. The fraction of sp³-hybridized carbons (Fsp3) is 0.261. The summed E-state index contributed by atoms with van der Waals surface area (Å²) in [6.45, 7) is 8.92. The fourth-order valence-corrected chi connectivity index (χ4v) is 2.88. The van der Waals surface area contributed by atoms with Crippen LogP contribution in [-0.4, -0.2) is 0 Å². The van der Waals surface area contributed by atoms with Gasteiger partial charge in [-0.05, 0) is 59.4 Å². The highest BCUT2D eigenvalue weighted by Gasteiger charge is 2.17. The third kappa shape index (κ3) is 3.37. The lowest BCUT2D eigenvalue weighted by Crippen LogP contribution is -2.15. The molecule has 24 heavy (non-hydrogen) atoms. The van der Waals surface area contributed by atoms with Gasteiger partial charge in [-0.2, -0.15) is 0 Å². The van der Waals surface area contributed by atoms with Gasteiger partial charge in [-0.3, -0.25) is 0 Å². The van der Waals surface area contributed by atoms with E-state index in [1.807, 2.05) is 12.2 Å². The standard InChI is InChI=1S/C23H25N/c1-5-18-10-14-21(15-11-18)24(20-8-6-7-9-20)22-16-12-19(13-17-22)23(2,3)4/h6-8,10-17H,5H2,1-4H3. The van der Waals surface area contributed by atoms with E-state index in [-0.39, 0.29) is 5.41 Å². The predicted octanol–water partition coefficient (Wildman–Crippen LogP) is 6.29. The SMILES string of the molecule is CCc1ccc(N(C2=C=CC=C2)c2ccc(C(C)(C)C)cc2)cc1. The molecule has 1 aliphatic carbocycles. The monoisotopic (exact) mass is 315 g/mol. The molecular weight excluding hydrogens is 290 g/mol. The van der Waals surface area contributed by atoms with Crippen LogP contribution in [-0.2, 0) is 11.8 Å². The van der Waals surface area contributed by atoms with Crippen molar-refractivity contribution in [2.75, 3.05) is 4.90 Å². The summed E-state index contributed by atoms with van der Waals surface area (Å²) in [4.78, 5) is 2.26. The normalized spacial score (nSPS) is 13.2. The van der Waals surface area contributed by atoms with Crippen molar-refractivity contribution in [2.45, 2.75) is 39.5 Å². The molecule has 1 aliphatic rings. The van der Waals surface area contributed by atoms with Gasteiger partial charge in [-0.25, -0.2) is 0 Å². The molecule has 0 fully saturated rings. The lowest BCUT2D eigenvalue weighted by atomic mass is 9.87. The molecule has 0 N–H and O–H groups in total. The molecule has 122 valence electrons. The van der Waals surface area contributed by atoms with E-state index in [4.69, 9.17) is 0 Å². The van der Waals surface area contributed by atoms with Gasteiger partial charge in [0.05, 0.1) is 5.70 Å². The molecule has 0 atom stereocenters. The molecule has 1 nitrogen and oxygen atoms in total. The molecule has 1 heteroatoms. The molecule has 0 aromatic heterocycles. The Bertz CT molecular complexity index is 793. The maximum absolute atomic E-state index is 3.33. The van der Waals surface area contributed by atoms with Crippen LogP contribution in [0.4, 0.5) is 11.4 Å². The summed E-state index contributed by atoms with van der Waals surface area (Å²) >= 11 is 0. The smallest absolute Gasteiger partial charge is 0.0890 e. The molecule has 0 radical (unpaired) electrons. The van der Waals surface area contributed by atoms with Crippen molar-refractivity contribution >= 4 is 11.4 Å². The van der Waals surface area contributed by atoms with Gasteiger partial charge in [-0.15, -0.1) is 0 Å². The minimum absolute atomic E-state index is 0.165. The largest absolute Gasteiger partial charge is 0.304 e. The maximum Gasteiger partial charge on any atom is 0.0890 e. The minimum atomic E-state index is 0.165. The minimum Gasteiger partial charge on any atom is -0.304 e. The summed E-state index contributed by atoms with van der Waals surface area (Å²) in [6.07, 6.45) is 7.16. The zero-order chi connectivity index (χ0) is 17.2. The zero-order valence-corrected chi connectivity index (χ0v) is 15.0. The molecular formula is C23H25N. The summed E-state index contributed by atoms with van der Waals surface area (Å²) in [5, 5.41) is 0. The van der Waals surface area contributed by atoms with Gasteiger partial charge in [0.2, 0.25) is 0 Å². The van der Waals surface area contributed by atoms with Crippen molar-refractivity contribution in [1.29, 1.82) is 0 Å². The van der Waals surface area contributed by atoms with Crippen LogP contribution in [0.2, 0.25) is 0 Å². The number of rotatable bonds is 4. The number of aryl methyl sites for hydroxylation is 1. The number of anilines is 2. The summed E-state index contributed by atoms with van der Waals surface area (Å²) in [7, 11) is 0. The third-order valence-corrected chi connectivity index (χ3v) is 4.42. The van der Waals surface area contributed by atoms with E-state index in [2.05, 4.69) is 92.9 Å². The van der Waals surface area contributed by atoms with Gasteiger partial charge in [0.25, 0.3) is 0 Å². The van der Waals surface area contributed by atoms with Gasteiger partial charge < -0.3 is 4.90 Å². The van der Waals surface area contributed by atoms with Crippen LogP contribution in [0.1, 0.15) is 38.8 Å². The Morgan fingerprint density at radius 3 is 1.92 bits per heavy atom. The lowest BCUT2D eigenvalue weighted by molar-refractivity contribution is 0.590. The molecule has 0 saturated carbocycles. The van der Waals surface area contributed by atoms with Crippen LogP contribution in [0.15, 0.2) is 78.2 Å². The fourth-order valence-electron chi connectivity index (χ4n) is 2.88. The van der Waals surface area contributed by atoms with Crippen molar-refractivity contribution in [2.24, 2.45) is 0 Å². The molecule has 0 amide bonds. The lowest BCUT2D eigenvalue weighted by Gasteiger charge is -2.26. The Morgan fingerprint density at radius 1 is 0.875 bits per heavy atom. The molecule has 2 aromatic rings. The topological polar surface area (TPSA) is 3.24 Å². The average molecular weight is 315 g/mol. The first kappa shape index (κ1) is 16.4. The number of benzene rings is 2. The van der Waals surface area contributed by atoms with Crippen molar-refractivity contribution in [3.63, 3.8) is 0 Å². The number of hydrogen-bond donors (Lipinski definition) is 0. The second-order valence-corrected chi connectivity index (χ2v) is 7.21. The number of nitrogens with zero attached hydrogens (tertiary/aromatic N) is 1. The van der Waals surface area contributed by atoms with E-state index in [1.165, 1.54) is 11.1 Å². The summed E-state index contributed by atoms with van der Waals surface area (Å²) in [5.74, 6) is 0. The highest BCUT2D eigenvalue weighted by atomic mass is 15.1. The zero-order valence-electron chi connectivity index (χ0n) is 15.0. The van der Waals surface area contributed by atoms with Gasteiger partial charge in [0.1, 0.15) is 0 Å². The van der Waals surface area contributed by atoms with Crippen molar-refractivity contribution in [3.8, 4) is 0 Å². The van der Waals surface area contributed by atoms with Crippen molar-refractivity contribution < 1.29 is 0 Å². The van der Waals surface area contributed by atoms with E-state index in [1.54, 1.807) is 0 Å². The highest BCUT2D eigenvalue weighted by molar-refractivity contribution is 5.71. The molecule has 2 aromatic carbocycles. The van der Waals surface area contributed by atoms with Crippen LogP contribution in [0, 0.1) is 0 Å². The summed E-state index contributed by atoms with van der Waals surface area (Å²) < 4.78 is 0. The molecule has 0 spiro atoms. The average Bonchev–Trinajstić information content (AvgIpc) is 3.09. The van der Waals surface area contributed by atoms with Crippen LogP contribution < -0.4 is 4.90 Å². The second-order valence-electron chi connectivity index (χ2n) is 7.21. The Kier molecular flexibility index (Phi) is 4.46. The van der Waals surface area contributed by atoms with E-state index in [0.29, 0.717) is 0 Å². The molecule has 0 bridgehead atoms. The molecule has 0 aliphatic heterocycles. The van der Waals surface area contributed by atoms with Gasteiger partial charge >= 0.3 is 0 Å². The molecule has 0 heterocycles. The highest BCUT2D eigenvalue weighted by Crippen LogP contribution is 2.33. The Hall–Kier alpha value is -2.50. The van der Waals surface area contributed by atoms with Gasteiger partial charge in [-0.1, -0.05) is 63.8 Å². The molecule has 0 saturated heterocycles. The van der Waals surface area contributed by atoms with Crippen LogP contribution >= 0.6 is 0 Å². The van der Waals surface area contributed by atoms with Crippen LogP contribution in [0.25, 0.3) is 0 Å². The van der Waals surface area contributed by atoms with E-state index >= 15 is 0 Å². The van der Waals surface area contributed by atoms with Crippen LogP contribution in [0.3, 0.4) is 0 Å². The first-order valence-electron chi connectivity index (χ1n) is 8.62. The second kappa shape index (κ2) is 6.55. The van der Waals surface area contributed by atoms with Gasteiger partial charge in [0, 0.05) is 11.4 Å². The quantitative estimate of drug-likeness (QED) is 0.599. The first-order chi connectivity index (χ1) is 11.5. The van der Waals surface area contributed by atoms with Crippen LogP contribution in [0.5, 0.6) is 0 Å². The Labute approximate surface area is 145 Å². The van der Waals surface area contributed by atoms with Gasteiger partial charge in [0.15, 0.2) is 0 Å². The predicted molar refractivity (Wildman–Crippen MR) is 104 cm³/mol. The van der Waals surface area contributed by atoms with E-state index in [9.17, 15) is 0 Å². The van der Waals surface area contributed by atoms with E-state index < -0.39 is 0 Å². The Balaban J connectivity index is 2.02. The maximum atomic E-state index is 3.33.